The zero-order valence-electron chi connectivity index (χ0n) is 11.9. The van der Waals surface area contributed by atoms with Crippen LogP contribution in [0.1, 0.15) is 38.5 Å². The quantitative estimate of drug-likeness (QED) is 0.803. The Morgan fingerprint density at radius 3 is 2.81 bits per heavy atom. The lowest BCUT2D eigenvalue weighted by Crippen LogP contribution is -2.51. The van der Waals surface area contributed by atoms with E-state index in [0.717, 1.165) is 19.4 Å². The fourth-order valence-electron chi connectivity index (χ4n) is 3.65. The van der Waals surface area contributed by atoms with Gasteiger partial charge in [-0.05, 0) is 49.8 Å². The minimum atomic E-state index is -0.472. The van der Waals surface area contributed by atoms with Gasteiger partial charge in [0.25, 0.3) is 0 Å². The van der Waals surface area contributed by atoms with E-state index in [0.29, 0.717) is 17.6 Å². The Balaban J connectivity index is 1.70. The molecule has 1 heterocycles. The number of nitrogens with one attached hydrogen (secondary N) is 1. The first-order valence-electron chi connectivity index (χ1n) is 7.68. The maximum absolute atomic E-state index is 13.2. The summed E-state index contributed by atoms with van der Waals surface area (Å²) < 4.78 is 13.2. The molecule has 2 aliphatic rings. The highest BCUT2D eigenvalue weighted by molar-refractivity contribution is 6.31. The van der Waals surface area contributed by atoms with Crippen molar-refractivity contribution in [1.82, 2.24) is 4.90 Å². The first-order chi connectivity index (χ1) is 10.1. The minimum absolute atomic E-state index is 0.0296. The van der Waals surface area contributed by atoms with Gasteiger partial charge in [-0.1, -0.05) is 24.4 Å². The van der Waals surface area contributed by atoms with Crippen LogP contribution < -0.4 is 5.32 Å². The van der Waals surface area contributed by atoms with Gasteiger partial charge in [0, 0.05) is 18.3 Å². The van der Waals surface area contributed by atoms with Gasteiger partial charge in [-0.25, -0.2) is 9.18 Å². The number of nitrogens with zero attached hydrogens (tertiary/aromatic N) is 1. The van der Waals surface area contributed by atoms with Crippen LogP contribution in [0.5, 0.6) is 0 Å². The molecule has 0 spiro atoms. The van der Waals surface area contributed by atoms with Gasteiger partial charge in [0.2, 0.25) is 0 Å². The summed E-state index contributed by atoms with van der Waals surface area (Å²) in [4.78, 5) is 14.5. The molecule has 5 heteroatoms. The number of benzene rings is 1. The third-order valence-electron chi connectivity index (χ3n) is 4.67. The highest BCUT2D eigenvalue weighted by atomic mass is 35.5. The fourth-order valence-corrected chi connectivity index (χ4v) is 3.83. The van der Waals surface area contributed by atoms with E-state index in [1.807, 2.05) is 4.90 Å². The van der Waals surface area contributed by atoms with Crippen LogP contribution in [0.25, 0.3) is 0 Å². The molecular formula is C16H20ClFN2O. The highest BCUT2D eigenvalue weighted by Gasteiger charge is 2.35. The van der Waals surface area contributed by atoms with Crippen molar-refractivity contribution in [3.05, 3.63) is 29.0 Å². The molecule has 21 heavy (non-hydrogen) atoms. The Bertz CT molecular complexity index is 535. The molecule has 1 aromatic rings. The van der Waals surface area contributed by atoms with Gasteiger partial charge in [0.05, 0.1) is 5.02 Å². The van der Waals surface area contributed by atoms with Crippen molar-refractivity contribution in [2.75, 3.05) is 11.9 Å². The van der Waals surface area contributed by atoms with Gasteiger partial charge in [-0.2, -0.15) is 0 Å². The van der Waals surface area contributed by atoms with E-state index in [2.05, 4.69) is 5.32 Å². The molecule has 1 aromatic carbocycles. The Hall–Kier alpha value is -1.29. The van der Waals surface area contributed by atoms with Crippen molar-refractivity contribution in [3.8, 4) is 0 Å². The predicted molar refractivity (Wildman–Crippen MR) is 82.1 cm³/mol. The number of rotatable bonds is 1. The van der Waals surface area contributed by atoms with Gasteiger partial charge in [-0.3, -0.25) is 0 Å². The number of anilines is 1. The molecule has 0 aromatic heterocycles. The number of likely N-dealkylation sites (tertiary alicyclic amines) is 1. The largest absolute Gasteiger partial charge is 0.322 e. The number of hydrogen-bond donors (Lipinski definition) is 1. The standard InChI is InChI=1S/C16H20ClFN2O/c17-13-10-12(7-8-14(13)18)19-16(21)20-9-3-5-11-4-1-2-6-15(11)20/h7-8,10-11,15H,1-6,9H2,(H,19,21)/t11-,15+/m1/s1. The number of amides is 2. The van der Waals surface area contributed by atoms with E-state index < -0.39 is 5.82 Å². The fraction of sp³-hybridized carbons (Fsp3) is 0.562. The van der Waals surface area contributed by atoms with E-state index in [1.165, 1.54) is 37.8 Å². The number of halogens is 2. The average Bonchev–Trinajstić information content (AvgIpc) is 2.50. The maximum atomic E-state index is 13.2. The molecule has 0 bridgehead atoms. The van der Waals surface area contributed by atoms with E-state index in [4.69, 9.17) is 11.6 Å². The van der Waals surface area contributed by atoms with Crippen LogP contribution in [0.15, 0.2) is 18.2 Å². The highest BCUT2D eigenvalue weighted by Crippen LogP contribution is 2.35. The van der Waals surface area contributed by atoms with E-state index in [1.54, 1.807) is 6.07 Å². The molecule has 114 valence electrons. The maximum Gasteiger partial charge on any atom is 0.322 e. The Kier molecular flexibility index (Phi) is 4.34. The normalized spacial score (nSPS) is 25.3. The molecule has 0 unspecified atom stereocenters. The monoisotopic (exact) mass is 310 g/mol. The summed E-state index contributed by atoms with van der Waals surface area (Å²) in [6.45, 7) is 0.807. The number of piperidine rings is 1. The minimum Gasteiger partial charge on any atom is -0.321 e. The first-order valence-corrected chi connectivity index (χ1v) is 8.05. The lowest BCUT2D eigenvalue weighted by molar-refractivity contribution is 0.0909. The lowest BCUT2D eigenvalue weighted by Gasteiger charge is -2.44. The third kappa shape index (κ3) is 3.15. The van der Waals surface area contributed by atoms with Crippen molar-refractivity contribution in [2.45, 2.75) is 44.6 Å². The zero-order valence-corrected chi connectivity index (χ0v) is 12.7. The van der Waals surface area contributed by atoms with Gasteiger partial charge in [0.1, 0.15) is 5.82 Å². The molecule has 2 atom stereocenters. The number of urea groups is 1. The van der Waals surface area contributed by atoms with Crippen molar-refractivity contribution in [2.24, 2.45) is 5.92 Å². The number of carbonyl (C=O) groups excluding carboxylic acids is 1. The number of hydrogen-bond acceptors (Lipinski definition) is 1. The summed E-state index contributed by atoms with van der Waals surface area (Å²) in [5.74, 6) is 0.176. The van der Waals surface area contributed by atoms with Crippen LogP contribution in [0.4, 0.5) is 14.9 Å². The first kappa shape index (κ1) is 14.6. The summed E-state index contributed by atoms with van der Waals surface area (Å²) in [5, 5.41) is 2.88. The van der Waals surface area contributed by atoms with Crippen LogP contribution in [-0.2, 0) is 0 Å². The molecule has 1 saturated heterocycles. The summed E-state index contributed by atoms with van der Waals surface area (Å²) >= 11 is 5.75. The number of carbonyl (C=O) groups is 1. The molecule has 3 nitrogen and oxygen atoms in total. The number of fused-ring (bicyclic) bond motifs is 1. The molecule has 3 rings (SSSR count). The topological polar surface area (TPSA) is 32.3 Å². The molecule has 2 fully saturated rings. The van der Waals surface area contributed by atoms with Crippen molar-refractivity contribution in [3.63, 3.8) is 0 Å². The molecular weight excluding hydrogens is 291 g/mol. The van der Waals surface area contributed by atoms with E-state index in [9.17, 15) is 9.18 Å². The van der Waals surface area contributed by atoms with Crippen molar-refractivity contribution < 1.29 is 9.18 Å². The Morgan fingerprint density at radius 2 is 2.00 bits per heavy atom. The van der Waals surface area contributed by atoms with Gasteiger partial charge in [-0.15, -0.1) is 0 Å². The van der Waals surface area contributed by atoms with Crippen LogP contribution in [-0.4, -0.2) is 23.5 Å². The van der Waals surface area contributed by atoms with Crippen molar-refractivity contribution in [1.29, 1.82) is 0 Å². The smallest absolute Gasteiger partial charge is 0.321 e. The summed E-state index contributed by atoms with van der Waals surface area (Å²) in [5.41, 5.74) is 0.546. The Labute approximate surface area is 129 Å². The van der Waals surface area contributed by atoms with Gasteiger partial charge >= 0.3 is 6.03 Å². The second-order valence-electron chi connectivity index (χ2n) is 6.01. The SMILES string of the molecule is O=C(Nc1ccc(F)c(Cl)c1)N1CCC[C@H]2CCCC[C@@H]21. The van der Waals surface area contributed by atoms with Crippen LogP contribution in [0.3, 0.4) is 0 Å². The van der Waals surface area contributed by atoms with Gasteiger partial charge in [0.15, 0.2) is 0 Å². The van der Waals surface area contributed by atoms with Crippen LogP contribution in [0, 0.1) is 11.7 Å². The Morgan fingerprint density at radius 1 is 1.24 bits per heavy atom. The molecule has 1 aliphatic carbocycles. The van der Waals surface area contributed by atoms with Crippen molar-refractivity contribution >= 4 is 23.3 Å². The predicted octanol–water partition coefficient (Wildman–Crippen LogP) is 4.67. The molecule has 1 saturated carbocycles. The second kappa shape index (κ2) is 6.22. The van der Waals surface area contributed by atoms with Crippen LogP contribution in [0.2, 0.25) is 5.02 Å². The second-order valence-corrected chi connectivity index (χ2v) is 6.41. The van der Waals surface area contributed by atoms with E-state index in [-0.39, 0.29) is 11.1 Å². The molecule has 2 amide bonds. The van der Waals surface area contributed by atoms with Gasteiger partial charge < -0.3 is 10.2 Å². The zero-order chi connectivity index (χ0) is 14.8. The average molecular weight is 311 g/mol. The summed E-state index contributed by atoms with van der Waals surface area (Å²) in [6.07, 6.45) is 7.12. The summed E-state index contributed by atoms with van der Waals surface area (Å²) in [7, 11) is 0. The molecule has 0 radical (unpaired) electrons. The van der Waals surface area contributed by atoms with Crippen LogP contribution >= 0.6 is 11.6 Å². The summed E-state index contributed by atoms with van der Waals surface area (Å²) in [6, 6.07) is 4.55. The molecule has 1 N–H and O–H groups in total. The lowest BCUT2D eigenvalue weighted by atomic mass is 9.78. The third-order valence-corrected chi connectivity index (χ3v) is 4.96. The molecule has 1 aliphatic heterocycles. The van der Waals surface area contributed by atoms with E-state index >= 15 is 0 Å².